The van der Waals surface area contributed by atoms with E-state index in [1.807, 2.05) is 0 Å². The van der Waals surface area contributed by atoms with E-state index in [4.69, 9.17) is 20.9 Å². The summed E-state index contributed by atoms with van der Waals surface area (Å²) in [4.78, 5) is 4.29. The maximum absolute atomic E-state index is 12.4. The van der Waals surface area contributed by atoms with E-state index in [0.717, 1.165) is 0 Å². The van der Waals surface area contributed by atoms with Crippen LogP contribution >= 0.6 is 11.6 Å². The zero-order valence-corrected chi connectivity index (χ0v) is 14.2. The van der Waals surface area contributed by atoms with Gasteiger partial charge < -0.3 is 9.26 Å². The van der Waals surface area contributed by atoms with E-state index in [2.05, 4.69) is 10.1 Å². The Morgan fingerprint density at radius 1 is 1.08 bits per heavy atom. The van der Waals surface area contributed by atoms with Crippen LogP contribution in [-0.4, -0.2) is 25.7 Å². The lowest BCUT2D eigenvalue weighted by Gasteiger charge is -2.03. The fourth-order valence-electron chi connectivity index (χ4n) is 2.06. The van der Waals surface area contributed by atoms with Gasteiger partial charge in [-0.2, -0.15) is 4.98 Å². The predicted octanol–water partition coefficient (Wildman–Crippen LogP) is 3.37. The van der Waals surface area contributed by atoms with E-state index in [1.165, 1.54) is 19.2 Å². The van der Waals surface area contributed by atoms with Crippen LogP contribution < -0.4 is 4.74 Å². The molecule has 3 rings (SSSR count). The van der Waals surface area contributed by atoms with Gasteiger partial charge in [-0.25, -0.2) is 8.42 Å². The molecule has 0 spiro atoms. The van der Waals surface area contributed by atoms with Crippen molar-refractivity contribution in [3.05, 3.63) is 59.4 Å². The molecule has 6 nitrogen and oxygen atoms in total. The smallest absolute Gasteiger partial charge is 0.242 e. The van der Waals surface area contributed by atoms with E-state index >= 15 is 0 Å². The number of nitrogens with zero attached hydrogens (tertiary/aromatic N) is 2. The SMILES string of the molecule is COc1ccc(S(=O)(=O)Cc2nc(-c3ccc(Cl)cc3)no2)cc1. The normalized spacial score (nSPS) is 11.4. The molecule has 0 saturated carbocycles. The molecule has 0 fully saturated rings. The fraction of sp³-hybridized carbons (Fsp3) is 0.125. The van der Waals surface area contributed by atoms with Crippen LogP contribution in [0.3, 0.4) is 0 Å². The highest BCUT2D eigenvalue weighted by Gasteiger charge is 2.20. The Bertz CT molecular complexity index is 935. The van der Waals surface area contributed by atoms with E-state index in [0.29, 0.717) is 22.2 Å². The lowest BCUT2D eigenvalue weighted by atomic mass is 10.2. The summed E-state index contributed by atoms with van der Waals surface area (Å²) in [6, 6.07) is 13.0. The zero-order valence-electron chi connectivity index (χ0n) is 12.6. The van der Waals surface area contributed by atoms with Gasteiger partial charge in [-0.05, 0) is 48.5 Å². The van der Waals surface area contributed by atoms with Gasteiger partial charge >= 0.3 is 0 Å². The van der Waals surface area contributed by atoms with Gasteiger partial charge in [0.25, 0.3) is 0 Å². The summed E-state index contributed by atoms with van der Waals surface area (Å²) in [5.74, 6) is 0.541. The van der Waals surface area contributed by atoms with Crippen LogP contribution in [0.15, 0.2) is 57.9 Å². The molecule has 24 heavy (non-hydrogen) atoms. The molecule has 0 bridgehead atoms. The molecule has 1 heterocycles. The third kappa shape index (κ3) is 3.58. The maximum atomic E-state index is 12.4. The summed E-state index contributed by atoms with van der Waals surface area (Å²) in [7, 11) is -2.07. The first-order valence-corrected chi connectivity index (χ1v) is 8.96. The topological polar surface area (TPSA) is 82.3 Å². The lowest BCUT2D eigenvalue weighted by Crippen LogP contribution is -2.05. The predicted molar refractivity (Wildman–Crippen MR) is 88.6 cm³/mol. The molecule has 1 aromatic heterocycles. The summed E-state index contributed by atoms with van der Waals surface area (Å²) in [5.41, 5.74) is 0.691. The largest absolute Gasteiger partial charge is 0.497 e. The monoisotopic (exact) mass is 364 g/mol. The molecular formula is C16H13ClN2O4S. The second-order valence-corrected chi connectivity index (χ2v) is 7.38. The van der Waals surface area contributed by atoms with Gasteiger partial charge in [0.1, 0.15) is 11.5 Å². The second-order valence-electron chi connectivity index (χ2n) is 4.95. The van der Waals surface area contributed by atoms with E-state index in [-0.39, 0.29) is 16.5 Å². The van der Waals surface area contributed by atoms with Crippen LogP contribution in [0.1, 0.15) is 5.89 Å². The molecule has 124 valence electrons. The molecule has 0 aliphatic heterocycles. The molecule has 3 aromatic rings. The molecular weight excluding hydrogens is 352 g/mol. The minimum Gasteiger partial charge on any atom is -0.497 e. The average molecular weight is 365 g/mol. The van der Waals surface area contributed by atoms with Gasteiger partial charge in [0.15, 0.2) is 9.84 Å². The van der Waals surface area contributed by atoms with Crippen molar-refractivity contribution in [2.24, 2.45) is 0 Å². The highest BCUT2D eigenvalue weighted by Crippen LogP contribution is 2.22. The van der Waals surface area contributed by atoms with Gasteiger partial charge in [0, 0.05) is 10.6 Å². The number of benzene rings is 2. The maximum Gasteiger partial charge on any atom is 0.242 e. The summed E-state index contributed by atoms with van der Waals surface area (Å²) < 4.78 is 34.9. The number of aromatic nitrogens is 2. The van der Waals surface area contributed by atoms with Crippen molar-refractivity contribution in [2.75, 3.05) is 7.11 Å². The first-order valence-electron chi connectivity index (χ1n) is 6.93. The standard InChI is InChI=1S/C16H13ClN2O4S/c1-22-13-6-8-14(9-7-13)24(20,21)10-15-18-16(19-23-15)11-2-4-12(17)5-3-11/h2-9H,10H2,1H3. The van der Waals surface area contributed by atoms with Gasteiger partial charge in [0.2, 0.25) is 11.7 Å². The lowest BCUT2D eigenvalue weighted by molar-refractivity contribution is 0.389. The number of rotatable bonds is 5. The summed E-state index contributed by atoms with van der Waals surface area (Å²) in [6.07, 6.45) is 0. The van der Waals surface area contributed by atoms with Crippen molar-refractivity contribution in [2.45, 2.75) is 10.6 Å². The number of hydrogen-bond acceptors (Lipinski definition) is 6. The van der Waals surface area contributed by atoms with Crippen LogP contribution in [-0.2, 0) is 15.6 Å². The zero-order chi connectivity index (χ0) is 17.2. The van der Waals surface area contributed by atoms with Gasteiger partial charge in [-0.3, -0.25) is 0 Å². The molecule has 2 aromatic carbocycles. The summed E-state index contributed by atoms with van der Waals surface area (Å²) in [6.45, 7) is 0. The highest BCUT2D eigenvalue weighted by molar-refractivity contribution is 7.90. The Kier molecular flexibility index (Phi) is 4.55. The highest BCUT2D eigenvalue weighted by atomic mass is 35.5. The molecule has 0 N–H and O–H groups in total. The Morgan fingerprint density at radius 3 is 2.38 bits per heavy atom. The third-order valence-electron chi connectivity index (χ3n) is 3.30. The average Bonchev–Trinajstić information content (AvgIpc) is 3.03. The van der Waals surface area contributed by atoms with Crippen LogP contribution in [0.25, 0.3) is 11.4 Å². The second kappa shape index (κ2) is 6.62. The Labute approximate surface area is 144 Å². The Hall–Kier alpha value is -2.38. The van der Waals surface area contributed by atoms with E-state index in [1.54, 1.807) is 36.4 Å². The Morgan fingerprint density at radius 2 is 1.75 bits per heavy atom. The molecule has 0 unspecified atom stereocenters. The van der Waals surface area contributed by atoms with E-state index in [9.17, 15) is 8.42 Å². The third-order valence-corrected chi connectivity index (χ3v) is 5.17. The molecule has 0 aliphatic rings. The van der Waals surface area contributed by atoms with Crippen molar-refractivity contribution in [3.63, 3.8) is 0 Å². The number of methoxy groups -OCH3 is 1. The Balaban J connectivity index is 1.81. The molecule has 0 aliphatic carbocycles. The summed E-state index contributed by atoms with van der Waals surface area (Å²) in [5, 5.41) is 4.40. The minimum absolute atomic E-state index is 0.0239. The molecule has 0 saturated heterocycles. The number of ether oxygens (including phenoxy) is 1. The number of hydrogen-bond donors (Lipinski definition) is 0. The fourth-order valence-corrected chi connectivity index (χ4v) is 3.34. The van der Waals surface area contributed by atoms with Gasteiger partial charge in [0.05, 0.1) is 12.0 Å². The van der Waals surface area contributed by atoms with Crippen molar-refractivity contribution in [1.29, 1.82) is 0 Å². The number of halogens is 1. The van der Waals surface area contributed by atoms with Gasteiger partial charge in [-0.1, -0.05) is 16.8 Å². The van der Waals surface area contributed by atoms with Crippen molar-refractivity contribution in [1.82, 2.24) is 10.1 Å². The van der Waals surface area contributed by atoms with Crippen LogP contribution in [0.2, 0.25) is 5.02 Å². The minimum atomic E-state index is -3.59. The van der Waals surface area contributed by atoms with Crippen molar-refractivity contribution >= 4 is 21.4 Å². The molecule has 0 amide bonds. The quantitative estimate of drug-likeness (QED) is 0.690. The van der Waals surface area contributed by atoms with Crippen LogP contribution in [0, 0.1) is 0 Å². The van der Waals surface area contributed by atoms with E-state index < -0.39 is 9.84 Å². The summed E-state index contributed by atoms with van der Waals surface area (Å²) >= 11 is 5.83. The van der Waals surface area contributed by atoms with Crippen molar-refractivity contribution < 1.29 is 17.7 Å². The first-order chi connectivity index (χ1) is 11.5. The molecule has 0 radical (unpaired) electrons. The van der Waals surface area contributed by atoms with Crippen molar-refractivity contribution in [3.8, 4) is 17.1 Å². The molecule has 0 atom stereocenters. The van der Waals surface area contributed by atoms with Crippen LogP contribution in [0.5, 0.6) is 5.75 Å². The van der Waals surface area contributed by atoms with Crippen LogP contribution in [0.4, 0.5) is 0 Å². The first kappa shape index (κ1) is 16.5. The van der Waals surface area contributed by atoms with Gasteiger partial charge in [-0.15, -0.1) is 0 Å². The number of sulfone groups is 1. The molecule has 8 heteroatoms.